The first kappa shape index (κ1) is 24.5. The van der Waals surface area contributed by atoms with Crippen molar-refractivity contribution in [3.8, 4) is 0 Å². The second-order valence-corrected chi connectivity index (χ2v) is 7.50. The molecule has 1 atom stereocenters. The summed E-state index contributed by atoms with van der Waals surface area (Å²) in [5, 5.41) is 9.14. The van der Waals surface area contributed by atoms with Crippen LogP contribution in [0.2, 0.25) is 0 Å². The summed E-state index contributed by atoms with van der Waals surface area (Å²) in [6, 6.07) is -0.0563. The maximum Gasteiger partial charge on any atom is 0.414 e. The summed E-state index contributed by atoms with van der Waals surface area (Å²) in [4.78, 5) is 38.2. The van der Waals surface area contributed by atoms with Crippen LogP contribution in [0.5, 0.6) is 0 Å². The summed E-state index contributed by atoms with van der Waals surface area (Å²) in [5.41, 5.74) is -0.917. The summed E-state index contributed by atoms with van der Waals surface area (Å²) in [7, 11) is 0. The zero-order valence-electron chi connectivity index (χ0n) is 18.0. The number of anilines is 1. The molecule has 8 nitrogen and oxygen atoms in total. The van der Waals surface area contributed by atoms with Crippen molar-refractivity contribution in [3.05, 3.63) is 39.9 Å². The number of nitrogens with zero attached hydrogens (tertiary/aromatic N) is 3. The number of hydrogen-bond acceptors (Lipinski definition) is 6. The van der Waals surface area contributed by atoms with E-state index in [0.29, 0.717) is 12.1 Å². The molecule has 1 aliphatic heterocycles. The number of aryl methyl sites for hydroxylation is 1. The normalized spacial score (nSPS) is 16.1. The number of carbonyl (C=O) groups is 2. The van der Waals surface area contributed by atoms with E-state index in [9.17, 15) is 37.1 Å². The molecule has 1 fully saturated rings. The molecule has 12 heteroatoms. The minimum absolute atomic E-state index is 0.00201. The Kier molecular flexibility index (Phi) is 6.96. The van der Waals surface area contributed by atoms with E-state index in [1.54, 1.807) is 6.92 Å². The van der Waals surface area contributed by atoms with Gasteiger partial charge in [-0.25, -0.2) is 14.0 Å². The minimum atomic E-state index is -4.82. The van der Waals surface area contributed by atoms with Crippen molar-refractivity contribution in [2.24, 2.45) is 0 Å². The highest BCUT2D eigenvalue weighted by Gasteiger charge is 2.50. The molecule has 0 spiro atoms. The number of carboxylic acid groups (broad SMARTS) is 1. The molecule has 0 bridgehead atoms. The van der Waals surface area contributed by atoms with Gasteiger partial charge in [-0.1, -0.05) is 0 Å². The lowest BCUT2D eigenvalue weighted by atomic mass is 10.1. The van der Waals surface area contributed by atoms with Crippen LogP contribution in [0, 0.1) is 5.82 Å². The Morgan fingerprint density at radius 1 is 1.15 bits per heavy atom. The zero-order chi connectivity index (χ0) is 24.5. The van der Waals surface area contributed by atoms with Gasteiger partial charge in [-0.15, -0.1) is 0 Å². The number of esters is 1. The average molecular weight is 473 g/mol. The van der Waals surface area contributed by atoms with Crippen molar-refractivity contribution in [3.63, 3.8) is 0 Å². The molecule has 33 heavy (non-hydrogen) atoms. The monoisotopic (exact) mass is 473 g/mol. The number of halogens is 4. The molecular formula is C21H23F4N3O5. The van der Waals surface area contributed by atoms with Gasteiger partial charge in [0.1, 0.15) is 11.4 Å². The maximum absolute atomic E-state index is 14.9. The molecule has 180 valence electrons. The van der Waals surface area contributed by atoms with E-state index in [1.165, 1.54) is 28.7 Å². The van der Waals surface area contributed by atoms with Crippen LogP contribution in [-0.4, -0.2) is 71.5 Å². The van der Waals surface area contributed by atoms with Crippen LogP contribution in [0.15, 0.2) is 23.1 Å². The molecule has 1 aromatic carbocycles. The van der Waals surface area contributed by atoms with Crippen molar-refractivity contribution in [2.75, 3.05) is 37.7 Å². The molecule has 1 N–H and O–H groups in total. The summed E-state index contributed by atoms with van der Waals surface area (Å²) in [5.74, 6) is -3.60. The topological polar surface area (TPSA) is 92.1 Å². The highest BCUT2D eigenvalue weighted by molar-refractivity contribution is 5.93. The zero-order valence-corrected chi connectivity index (χ0v) is 18.0. The molecule has 1 saturated heterocycles. The number of carbonyl (C=O) groups excluding carboxylic acids is 1. The molecule has 0 saturated carbocycles. The summed E-state index contributed by atoms with van der Waals surface area (Å²) < 4.78 is 61.4. The molecule has 3 rings (SSSR count). The fourth-order valence-electron chi connectivity index (χ4n) is 3.99. The second-order valence-electron chi connectivity index (χ2n) is 7.50. The number of pyridine rings is 1. The lowest BCUT2D eigenvalue weighted by molar-refractivity contribution is -0.203. The summed E-state index contributed by atoms with van der Waals surface area (Å²) in [6.07, 6.45) is -3.64. The highest BCUT2D eigenvalue weighted by Crippen LogP contribution is 2.30. The van der Waals surface area contributed by atoms with Gasteiger partial charge >= 0.3 is 18.1 Å². The first-order chi connectivity index (χ1) is 15.5. The number of carboxylic acids is 1. The van der Waals surface area contributed by atoms with Crippen LogP contribution in [0.3, 0.4) is 0 Å². The number of ether oxygens (including phenoxy) is 1. The van der Waals surface area contributed by atoms with Crippen molar-refractivity contribution in [2.45, 2.75) is 32.6 Å². The Balaban J connectivity index is 1.92. The molecule has 2 aromatic rings. The Bertz CT molecular complexity index is 1120. The smallest absolute Gasteiger partial charge is 0.414 e. The molecule has 1 aliphatic rings. The Hall–Kier alpha value is -3.15. The van der Waals surface area contributed by atoms with Gasteiger partial charge in [0.2, 0.25) is 11.5 Å². The number of benzene rings is 1. The van der Waals surface area contributed by atoms with Gasteiger partial charge in [-0.3, -0.25) is 9.69 Å². The quantitative estimate of drug-likeness (QED) is 0.509. The lowest BCUT2D eigenvalue weighted by Crippen LogP contribution is -2.58. The van der Waals surface area contributed by atoms with Crippen LogP contribution in [0.1, 0.15) is 24.2 Å². The third kappa shape index (κ3) is 4.80. The van der Waals surface area contributed by atoms with Crippen LogP contribution in [0.4, 0.5) is 23.2 Å². The predicted octanol–water partition coefficient (Wildman–Crippen LogP) is 2.47. The van der Waals surface area contributed by atoms with Crippen LogP contribution >= 0.6 is 0 Å². The van der Waals surface area contributed by atoms with E-state index in [4.69, 9.17) is 0 Å². The SMILES string of the molecule is CCOC(=O)C(N1CCN(c2cc3c(cc2F)c(=O)c(C(=O)O)cn3CC)CC1)C(F)(F)F. The molecule has 1 aromatic heterocycles. The van der Waals surface area contributed by atoms with E-state index in [2.05, 4.69) is 4.74 Å². The van der Waals surface area contributed by atoms with Crippen molar-refractivity contribution in [1.82, 2.24) is 9.47 Å². The second kappa shape index (κ2) is 9.38. The first-order valence-electron chi connectivity index (χ1n) is 10.3. The van der Waals surface area contributed by atoms with Crippen LogP contribution in [0.25, 0.3) is 10.9 Å². The van der Waals surface area contributed by atoms with Gasteiger partial charge in [-0.05, 0) is 26.0 Å². The standard InChI is InChI=1S/C21H23F4N3O5/c1-3-26-11-13(19(30)31)17(29)12-9-14(22)16(10-15(12)26)27-5-7-28(8-6-27)18(21(23,24)25)20(32)33-4-2/h9-11,18H,3-8H2,1-2H3,(H,30,31). The Morgan fingerprint density at radius 3 is 2.30 bits per heavy atom. The highest BCUT2D eigenvalue weighted by atomic mass is 19.4. The average Bonchev–Trinajstić information content (AvgIpc) is 2.74. The third-order valence-corrected chi connectivity index (χ3v) is 5.56. The number of alkyl halides is 3. The minimum Gasteiger partial charge on any atom is -0.477 e. The number of aromatic carboxylic acids is 1. The number of aromatic nitrogens is 1. The first-order valence-corrected chi connectivity index (χ1v) is 10.3. The Labute approximate surface area is 185 Å². The summed E-state index contributed by atoms with van der Waals surface area (Å²) >= 11 is 0. The van der Waals surface area contributed by atoms with E-state index in [0.717, 1.165) is 11.0 Å². The number of hydrogen-bond donors (Lipinski definition) is 1. The van der Waals surface area contributed by atoms with Gasteiger partial charge in [-0.2, -0.15) is 13.2 Å². The van der Waals surface area contributed by atoms with Crippen LogP contribution in [-0.2, 0) is 16.1 Å². The van der Waals surface area contributed by atoms with E-state index < -0.39 is 41.0 Å². The molecular weight excluding hydrogens is 450 g/mol. The van der Waals surface area contributed by atoms with Gasteiger partial charge < -0.3 is 19.3 Å². The van der Waals surface area contributed by atoms with Crippen molar-refractivity contribution < 1.29 is 37.0 Å². The van der Waals surface area contributed by atoms with Gasteiger partial charge in [0.15, 0.2) is 0 Å². The third-order valence-electron chi connectivity index (χ3n) is 5.56. The van der Waals surface area contributed by atoms with E-state index in [-0.39, 0.29) is 43.9 Å². The fourth-order valence-corrected chi connectivity index (χ4v) is 3.99. The molecule has 0 radical (unpaired) electrons. The molecule has 0 amide bonds. The van der Waals surface area contributed by atoms with Crippen molar-refractivity contribution >= 4 is 28.5 Å². The number of rotatable bonds is 6. The largest absolute Gasteiger partial charge is 0.477 e. The number of piperazine rings is 1. The van der Waals surface area contributed by atoms with Crippen LogP contribution < -0.4 is 10.3 Å². The molecule has 1 unspecified atom stereocenters. The van der Waals surface area contributed by atoms with Gasteiger partial charge in [0.25, 0.3) is 0 Å². The van der Waals surface area contributed by atoms with E-state index >= 15 is 0 Å². The molecule has 2 heterocycles. The maximum atomic E-state index is 14.9. The van der Waals surface area contributed by atoms with Crippen molar-refractivity contribution in [1.29, 1.82) is 0 Å². The molecule has 0 aliphatic carbocycles. The Morgan fingerprint density at radius 2 is 1.79 bits per heavy atom. The van der Waals surface area contributed by atoms with Gasteiger partial charge in [0, 0.05) is 44.3 Å². The fraction of sp³-hybridized carbons (Fsp3) is 0.476. The predicted molar refractivity (Wildman–Crippen MR) is 111 cm³/mol. The van der Waals surface area contributed by atoms with E-state index in [1.807, 2.05) is 0 Å². The van der Waals surface area contributed by atoms with Gasteiger partial charge in [0.05, 0.1) is 17.8 Å². The summed E-state index contributed by atoms with van der Waals surface area (Å²) in [6.45, 7) is 2.93. The number of fused-ring (bicyclic) bond motifs is 1. The lowest BCUT2D eigenvalue weighted by Gasteiger charge is -2.39.